The molecule has 0 atom stereocenters. The standard InChI is InChI=1S/C45H28O/c46-42-28-34(27-33-26-23-30-11-2-1-3-15-37(30)45(33)42)44-40-18-8-6-16-38(40)43(39-17-7-9-19-41(39)44)32-24-21-31(22-25-32)36-20-10-13-29-12-4-5-14-35(29)36/h2,4-14,16-28,46H,1H2. The first-order valence-electron chi connectivity index (χ1n) is 15.7. The van der Waals surface area contributed by atoms with Gasteiger partial charge >= 0.3 is 0 Å². The average Bonchev–Trinajstić information content (AvgIpc) is 3.36. The van der Waals surface area contributed by atoms with E-state index in [-0.39, 0.29) is 5.75 Å². The molecule has 0 unspecified atom stereocenters. The Kier molecular flexibility index (Phi) is 6.01. The van der Waals surface area contributed by atoms with Crippen LogP contribution in [0.1, 0.15) is 17.5 Å². The molecule has 8 aromatic rings. The third-order valence-electron chi connectivity index (χ3n) is 9.35. The molecule has 0 saturated carbocycles. The van der Waals surface area contributed by atoms with Gasteiger partial charge < -0.3 is 5.11 Å². The van der Waals surface area contributed by atoms with Crippen LogP contribution in [-0.4, -0.2) is 5.11 Å². The largest absolute Gasteiger partial charge is 0.507 e. The lowest BCUT2D eigenvalue weighted by molar-refractivity contribution is 0.482. The van der Waals surface area contributed by atoms with E-state index in [2.05, 4.69) is 157 Å². The summed E-state index contributed by atoms with van der Waals surface area (Å²) in [6.07, 6.45) is 4.88. The molecular weight excluding hydrogens is 556 g/mol. The first-order chi connectivity index (χ1) is 22.7. The van der Waals surface area contributed by atoms with Crippen molar-refractivity contribution in [2.75, 3.05) is 0 Å². The molecule has 0 radical (unpaired) electrons. The van der Waals surface area contributed by atoms with Crippen molar-refractivity contribution in [3.05, 3.63) is 157 Å². The molecule has 46 heavy (non-hydrogen) atoms. The zero-order chi connectivity index (χ0) is 30.6. The molecule has 1 nitrogen and oxygen atoms in total. The Balaban J connectivity index is 1.26. The molecule has 1 N–H and O–H groups in total. The molecule has 0 aliphatic heterocycles. The van der Waals surface area contributed by atoms with Crippen molar-refractivity contribution >= 4 is 49.2 Å². The minimum absolute atomic E-state index is 0.259. The lowest BCUT2D eigenvalue weighted by Gasteiger charge is -2.19. The van der Waals surface area contributed by atoms with Gasteiger partial charge in [-0.2, -0.15) is 0 Å². The van der Waals surface area contributed by atoms with Crippen LogP contribution >= 0.6 is 0 Å². The van der Waals surface area contributed by atoms with Crippen molar-refractivity contribution in [3.63, 3.8) is 0 Å². The van der Waals surface area contributed by atoms with Crippen LogP contribution in [0.25, 0.3) is 82.5 Å². The van der Waals surface area contributed by atoms with E-state index in [1.807, 2.05) is 6.07 Å². The maximum absolute atomic E-state index is 11.5. The van der Waals surface area contributed by atoms with Crippen LogP contribution in [0.3, 0.4) is 0 Å². The molecule has 1 heteroatoms. The molecule has 1 aliphatic carbocycles. The smallest absolute Gasteiger partial charge is 0.125 e. The number of aromatic hydroxyl groups is 1. The molecule has 0 fully saturated rings. The van der Waals surface area contributed by atoms with Gasteiger partial charge in [-0.15, -0.1) is 0 Å². The van der Waals surface area contributed by atoms with E-state index in [9.17, 15) is 5.11 Å². The lowest BCUT2D eigenvalue weighted by atomic mass is 9.85. The zero-order valence-electron chi connectivity index (χ0n) is 25.1. The number of rotatable bonds is 3. The van der Waals surface area contributed by atoms with Crippen molar-refractivity contribution in [2.45, 2.75) is 6.42 Å². The molecule has 0 spiro atoms. The number of benzene rings is 8. The SMILES string of the molecule is Oc1cc(-c2c3ccccc3c(-c3ccc(-c4cccc5ccccc45)cc3)c3ccccc23)cc2ccc3c(c12)C#CCC=C3. The summed E-state index contributed by atoms with van der Waals surface area (Å²) in [5.74, 6) is 6.77. The molecular formula is C45H28O. The van der Waals surface area contributed by atoms with Crippen molar-refractivity contribution in [3.8, 4) is 51.0 Å². The van der Waals surface area contributed by atoms with Crippen LogP contribution in [0.2, 0.25) is 0 Å². The molecule has 1 aliphatic rings. The van der Waals surface area contributed by atoms with Crippen LogP contribution in [-0.2, 0) is 0 Å². The Morgan fingerprint density at radius 3 is 1.83 bits per heavy atom. The van der Waals surface area contributed by atoms with Crippen LogP contribution < -0.4 is 0 Å². The molecule has 0 saturated heterocycles. The molecule has 214 valence electrons. The van der Waals surface area contributed by atoms with Gasteiger partial charge in [0.05, 0.1) is 0 Å². The van der Waals surface area contributed by atoms with Crippen LogP contribution in [0, 0.1) is 11.8 Å². The first kappa shape index (κ1) is 26.3. The predicted octanol–water partition coefficient (Wildman–Crippen LogP) is 11.8. The number of allylic oxidation sites excluding steroid dienone is 1. The average molecular weight is 585 g/mol. The lowest BCUT2D eigenvalue weighted by Crippen LogP contribution is -1.92. The molecule has 0 aromatic heterocycles. The van der Waals surface area contributed by atoms with Crippen molar-refractivity contribution in [1.29, 1.82) is 0 Å². The van der Waals surface area contributed by atoms with Gasteiger partial charge in [0.15, 0.2) is 0 Å². The zero-order valence-corrected chi connectivity index (χ0v) is 25.1. The Hall–Kier alpha value is -6.10. The predicted molar refractivity (Wildman–Crippen MR) is 195 cm³/mol. The normalized spacial score (nSPS) is 12.3. The summed E-state index contributed by atoms with van der Waals surface area (Å²) in [5.41, 5.74) is 8.91. The van der Waals surface area contributed by atoms with Gasteiger partial charge in [0.1, 0.15) is 5.75 Å². The Labute approximate surface area is 267 Å². The summed E-state index contributed by atoms with van der Waals surface area (Å²) in [4.78, 5) is 0. The van der Waals surface area contributed by atoms with E-state index in [0.29, 0.717) is 6.42 Å². The number of hydrogen-bond donors (Lipinski definition) is 1. The quantitative estimate of drug-likeness (QED) is 0.162. The van der Waals surface area contributed by atoms with Crippen molar-refractivity contribution < 1.29 is 5.11 Å². The topological polar surface area (TPSA) is 20.2 Å². The van der Waals surface area contributed by atoms with E-state index < -0.39 is 0 Å². The summed E-state index contributed by atoms with van der Waals surface area (Å²) < 4.78 is 0. The van der Waals surface area contributed by atoms with Gasteiger partial charge in [0.2, 0.25) is 0 Å². The highest BCUT2D eigenvalue weighted by molar-refractivity contribution is 6.22. The number of hydrogen-bond acceptors (Lipinski definition) is 1. The second-order valence-electron chi connectivity index (χ2n) is 12.0. The second kappa shape index (κ2) is 10.5. The molecule has 0 bridgehead atoms. The van der Waals surface area contributed by atoms with Gasteiger partial charge in [0, 0.05) is 17.4 Å². The number of fused-ring (bicyclic) bond motifs is 6. The Morgan fingerprint density at radius 2 is 1.11 bits per heavy atom. The maximum atomic E-state index is 11.5. The highest BCUT2D eigenvalue weighted by Gasteiger charge is 2.19. The first-order valence-corrected chi connectivity index (χ1v) is 15.7. The molecule has 9 rings (SSSR count). The van der Waals surface area contributed by atoms with E-state index in [0.717, 1.165) is 43.8 Å². The van der Waals surface area contributed by atoms with Gasteiger partial charge in [-0.05, 0) is 88.8 Å². The third-order valence-corrected chi connectivity index (χ3v) is 9.35. The van der Waals surface area contributed by atoms with Gasteiger partial charge in [-0.3, -0.25) is 0 Å². The Bertz CT molecular complexity index is 2550. The summed E-state index contributed by atoms with van der Waals surface area (Å²) >= 11 is 0. The van der Waals surface area contributed by atoms with Crippen LogP contribution in [0.5, 0.6) is 5.75 Å². The van der Waals surface area contributed by atoms with Crippen molar-refractivity contribution in [1.82, 2.24) is 0 Å². The summed E-state index contributed by atoms with van der Waals surface area (Å²) in [6.45, 7) is 0. The second-order valence-corrected chi connectivity index (χ2v) is 12.0. The fourth-order valence-electron chi connectivity index (χ4n) is 7.31. The minimum atomic E-state index is 0.259. The molecule has 0 amide bonds. The fraction of sp³-hybridized carbons (Fsp3) is 0.0222. The van der Waals surface area contributed by atoms with E-state index in [1.165, 1.54) is 43.8 Å². The Morgan fingerprint density at radius 1 is 0.500 bits per heavy atom. The van der Waals surface area contributed by atoms with Gasteiger partial charge in [0.25, 0.3) is 0 Å². The molecule has 8 aromatic carbocycles. The summed E-state index contributed by atoms with van der Waals surface area (Å²) in [5, 5.41) is 20.5. The van der Waals surface area contributed by atoms with E-state index in [4.69, 9.17) is 0 Å². The monoisotopic (exact) mass is 584 g/mol. The number of phenols is 1. The van der Waals surface area contributed by atoms with Gasteiger partial charge in [-0.1, -0.05) is 151 Å². The highest BCUT2D eigenvalue weighted by Crippen LogP contribution is 2.46. The third kappa shape index (κ3) is 4.12. The van der Waals surface area contributed by atoms with Crippen molar-refractivity contribution in [2.24, 2.45) is 0 Å². The van der Waals surface area contributed by atoms with E-state index >= 15 is 0 Å². The maximum Gasteiger partial charge on any atom is 0.125 e. The highest BCUT2D eigenvalue weighted by atomic mass is 16.3. The summed E-state index contributed by atoms with van der Waals surface area (Å²) in [7, 11) is 0. The molecule has 0 heterocycles. The van der Waals surface area contributed by atoms with E-state index in [1.54, 1.807) is 0 Å². The van der Waals surface area contributed by atoms with Crippen LogP contribution in [0.15, 0.2) is 146 Å². The minimum Gasteiger partial charge on any atom is -0.507 e. The van der Waals surface area contributed by atoms with Gasteiger partial charge in [-0.25, -0.2) is 0 Å². The fourth-order valence-corrected chi connectivity index (χ4v) is 7.31. The number of phenolic OH excluding ortho intramolecular Hbond substituents is 1. The summed E-state index contributed by atoms with van der Waals surface area (Å²) in [6, 6.07) is 49.7. The van der Waals surface area contributed by atoms with Crippen LogP contribution in [0.4, 0.5) is 0 Å².